The zero-order valence-corrected chi connectivity index (χ0v) is 16.2. The van der Waals surface area contributed by atoms with Crippen LogP contribution in [0.3, 0.4) is 0 Å². The molecule has 2 aromatic carbocycles. The van der Waals surface area contributed by atoms with E-state index in [4.69, 9.17) is 0 Å². The summed E-state index contributed by atoms with van der Waals surface area (Å²) >= 11 is 0. The largest absolute Gasteiger partial charge is 0.353 e. The first-order chi connectivity index (χ1) is 13.7. The summed E-state index contributed by atoms with van der Waals surface area (Å²) in [6, 6.07) is 20.3. The van der Waals surface area contributed by atoms with Crippen LogP contribution in [0, 0.1) is 0 Å². The number of nitrogens with one attached hydrogen (secondary N) is 1. The Morgan fingerprint density at radius 1 is 1.11 bits per heavy atom. The van der Waals surface area contributed by atoms with Crippen molar-refractivity contribution in [1.82, 2.24) is 20.0 Å². The fourth-order valence-electron chi connectivity index (χ4n) is 2.91. The Morgan fingerprint density at radius 3 is 2.57 bits per heavy atom. The van der Waals surface area contributed by atoms with Gasteiger partial charge in [0.25, 0.3) is 0 Å². The van der Waals surface area contributed by atoms with Gasteiger partial charge < -0.3 is 10.2 Å². The van der Waals surface area contributed by atoms with Crippen molar-refractivity contribution in [2.24, 2.45) is 0 Å². The van der Waals surface area contributed by atoms with Gasteiger partial charge in [-0.15, -0.1) is 0 Å². The molecular formula is C23H26N4O. The predicted molar refractivity (Wildman–Crippen MR) is 113 cm³/mol. The first-order valence-corrected chi connectivity index (χ1v) is 9.49. The topological polar surface area (TPSA) is 50.2 Å². The molecule has 0 aliphatic carbocycles. The standard InChI is InChI=1S/C23H26N4O/c1-26(18-20-9-4-2-5-10-20)16-8-15-24-23(28)14-13-21-17-25-27(19-21)22-11-6-3-7-12-22/h2-7,9-14,17,19H,8,15-16,18H2,1H3,(H,24,28)/b14-13+. The number of hydrogen-bond acceptors (Lipinski definition) is 3. The first kappa shape index (κ1) is 19.6. The normalized spacial score (nSPS) is 11.2. The summed E-state index contributed by atoms with van der Waals surface area (Å²) in [7, 11) is 2.10. The van der Waals surface area contributed by atoms with Gasteiger partial charge in [-0.3, -0.25) is 4.79 Å². The number of amides is 1. The van der Waals surface area contributed by atoms with E-state index in [0.717, 1.165) is 30.8 Å². The minimum absolute atomic E-state index is 0.0850. The molecule has 144 valence electrons. The van der Waals surface area contributed by atoms with Crippen LogP contribution in [-0.4, -0.2) is 40.7 Å². The van der Waals surface area contributed by atoms with E-state index in [1.807, 2.05) is 42.6 Å². The zero-order valence-electron chi connectivity index (χ0n) is 16.2. The molecule has 1 N–H and O–H groups in total. The van der Waals surface area contributed by atoms with E-state index in [1.165, 1.54) is 5.56 Å². The summed E-state index contributed by atoms with van der Waals surface area (Å²) in [5, 5.41) is 7.25. The van der Waals surface area contributed by atoms with Crippen molar-refractivity contribution in [2.75, 3.05) is 20.1 Å². The fourth-order valence-corrected chi connectivity index (χ4v) is 2.91. The van der Waals surface area contributed by atoms with E-state index >= 15 is 0 Å². The van der Waals surface area contributed by atoms with Crippen molar-refractivity contribution in [1.29, 1.82) is 0 Å². The number of aromatic nitrogens is 2. The van der Waals surface area contributed by atoms with E-state index < -0.39 is 0 Å². The van der Waals surface area contributed by atoms with Gasteiger partial charge in [0.2, 0.25) is 5.91 Å². The Hall–Kier alpha value is -3.18. The molecule has 0 radical (unpaired) electrons. The second-order valence-corrected chi connectivity index (χ2v) is 6.76. The monoisotopic (exact) mass is 374 g/mol. The maximum atomic E-state index is 12.0. The summed E-state index contributed by atoms with van der Waals surface area (Å²) in [4.78, 5) is 14.2. The molecule has 0 aliphatic heterocycles. The maximum absolute atomic E-state index is 12.0. The van der Waals surface area contributed by atoms with Gasteiger partial charge in [-0.05, 0) is 43.8 Å². The molecule has 1 heterocycles. The van der Waals surface area contributed by atoms with E-state index in [9.17, 15) is 4.79 Å². The lowest BCUT2D eigenvalue weighted by atomic mass is 10.2. The smallest absolute Gasteiger partial charge is 0.244 e. The van der Waals surface area contributed by atoms with Crippen LogP contribution in [0.4, 0.5) is 0 Å². The van der Waals surface area contributed by atoms with Crippen molar-refractivity contribution in [2.45, 2.75) is 13.0 Å². The lowest BCUT2D eigenvalue weighted by molar-refractivity contribution is -0.116. The number of benzene rings is 2. The van der Waals surface area contributed by atoms with Crippen molar-refractivity contribution < 1.29 is 4.79 Å². The molecule has 1 aromatic heterocycles. The van der Waals surface area contributed by atoms with Crippen molar-refractivity contribution >= 4 is 12.0 Å². The number of carbonyl (C=O) groups is 1. The van der Waals surface area contributed by atoms with Crippen LogP contribution >= 0.6 is 0 Å². The third-order valence-electron chi connectivity index (χ3n) is 4.36. The van der Waals surface area contributed by atoms with Crippen LogP contribution < -0.4 is 5.32 Å². The van der Waals surface area contributed by atoms with Gasteiger partial charge >= 0.3 is 0 Å². The molecule has 5 heteroatoms. The van der Waals surface area contributed by atoms with E-state index in [2.05, 4.69) is 46.6 Å². The summed E-state index contributed by atoms with van der Waals surface area (Å²) < 4.78 is 1.79. The number of rotatable bonds is 9. The summed E-state index contributed by atoms with van der Waals surface area (Å²) in [6.45, 7) is 2.51. The Balaban J connectivity index is 1.37. The summed E-state index contributed by atoms with van der Waals surface area (Å²) in [5.74, 6) is -0.0850. The maximum Gasteiger partial charge on any atom is 0.244 e. The molecule has 0 aliphatic rings. The van der Waals surface area contributed by atoms with Crippen LogP contribution in [0.2, 0.25) is 0 Å². The first-order valence-electron chi connectivity index (χ1n) is 9.49. The van der Waals surface area contributed by atoms with Gasteiger partial charge in [0.05, 0.1) is 11.9 Å². The third kappa shape index (κ3) is 6.21. The van der Waals surface area contributed by atoms with Gasteiger partial charge in [-0.1, -0.05) is 48.5 Å². The van der Waals surface area contributed by atoms with Gasteiger partial charge in [-0.25, -0.2) is 4.68 Å². The molecule has 0 saturated heterocycles. The highest BCUT2D eigenvalue weighted by Gasteiger charge is 2.02. The molecular weight excluding hydrogens is 348 g/mol. The lowest BCUT2D eigenvalue weighted by Gasteiger charge is -2.16. The molecule has 0 saturated carbocycles. The van der Waals surface area contributed by atoms with Gasteiger partial charge in [0.15, 0.2) is 0 Å². The average molecular weight is 374 g/mol. The Morgan fingerprint density at radius 2 is 1.82 bits per heavy atom. The molecule has 3 rings (SSSR count). The Bertz CT molecular complexity index is 887. The van der Waals surface area contributed by atoms with Crippen LogP contribution in [0.15, 0.2) is 79.1 Å². The SMILES string of the molecule is CN(CCCNC(=O)/C=C/c1cnn(-c2ccccc2)c1)Cc1ccccc1. The molecule has 1 amide bonds. The molecule has 0 atom stereocenters. The van der Waals surface area contributed by atoms with Crippen molar-refractivity contribution in [3.63, 3.8) is 0 Å². The van der Waals surface area contributed by atoms with Crippen LogP contribution in [0.1, 0.15) is 17.5 Å². The molecule has 28 heavy (non-hydrogen) atoms. The average Bonchev–Trinajstić information content (AvgIpc) is 3.20. The van der Waals surface area contributed by atoms with Gasteiger partial charge in [-0.2, -0.15) is 5.10 Å². The second kappa shape index (κ2) is 10.2. The van der Waals surface area contributed by atoms with Crippen molar-refractivity contribution in [3.05, 3.63) is 90.3 Å². The van der Waals surface area contributed by atoms with E-state index in [-0.39, 0.29) is 5.91 Å². The Labute approximate surface area is 166 Å². The highest BCUT2D eigenvalue weighted by atomic mass is 16.1. The summed E-state index contributed by atoms with van der Waals surface area (Å²) in [6.07, 6.45) is 7.89. The lowest BCUT2D eigenvalue weighted by Crippen LogP contribution is -2.26. The molecule has 3 aromatic rings. The van der Waals surface area contributed by atoms with E-state index in [1.54, 1.807) is 23.0 Å². The molecule has 0 fully saturated rings. The Kier molecular flexibility index (Phi) is 7.15. The highest BCUT2D eigenvalue weighted by Crippen LogP contribution is 2.08. The predicted octanol–water partition coefficient (Wildman–Crippen LogP) is 3.52. The number of hydrogen-bond donors (Lipinski definition) is 1. The number of para-hydroxylation sites is 1. The molecule has 0 unspecified atom stereocenters. The molecule has 0 bridgehead atoms. The fraction of sp³-hybridized carbons (Fsp3) is 0.217. The number of carbonyl (C=O) groups excluding carboxylic acids is 1. The summed E-state index contributed by atoms with van der Waals surface area (Å²) in [5.41, 5.74) is 3.18. The highest BCUT2D eigenvalue weighted by molar-refractivity contribution is 5.91. The second-order valence-electron chi connectivity index (χ2n) is 6.76. The van der Waals surface area contributed by atoms with Gasteiger partial charge in [0, 0.05) is 30.9 Å². The molecule has 5 nitrogen and oxygen atoms in total. The minimum Gasteiger partial charge on any atom is -0.353 e. The van der Waals surface area contributed by atoms with Crippen LogP contribution in [-0.2, 0) is 11.3 Å². The zero-order chi connectivity index (χ0) is 19.6. The third-order valence-corrected chi connectivity index (χ3v) is 4.36. The van der Waals surface area contributed by atoms with E-state index in [0.29, 0.717) is 6.54 Å². The quantitative estimate of drug-likeness (QED) is 0.460. The molecule has 0 spiro atoms. The van der Waals surface area contributed by atoms with Gasteiger partial charge in [0.1, 0.15) is 0 Å². The number of nitrogens with zero attached hydrogens (tertiary/aromatic N) is 3. The van der Waals surface area contributed by atoms with Crippen LogP contribution in [0.25, 0.3) is 11.8 Å². The minimum atomic E-state index is -0.0850. The van der Waals surface area contributed by atoms with Crippen LogP contribution in [0.5, 0.6) is 0 Å². The van der Waals surface area contributed by atoms with Crippen molar-refractivity contribution in [3.8, 4) is 5.69 Å².